The molecule has 0 aliphatic heterocycles. The van der Waals surface area contributed by atoms with Crippen molar-refractivity contribution >= 4 is 19.8 Å². The molecule has 3 atom stereocenters. The molecule has 5 N–H and O–H groups in total. The van der Waals surface area contributed by atoms with E-state index in [1.54, 1.807) is 0 Å². The standard InChI is InChI=1S/C25H50NO9P/c1-2-3-4-5-6-7-8-9-10-11-12-13-14-15-16-17-18-24(28)33-19-22(27)20-34-36(31,32)35-21-23(26)25(29)30/h22-23,27H,2-21,26H2,1H3,(H,29,30)(H,31,32). The summed E-state index contributed by atoms with van der Waals surface area (Å²) in [6.45, 7) is 0.515. The molecular weight excluding hydrogens is 489 g/mol. The first-order valence-corrected chi connectivity index (χ1v) is 15.1. The third kappa shape index (κ3) is 23.4. The maximum absolute atomic E-state index is 11.8. The molecule has 0 bridgehead atoms. The summed E-state index contributed by atoms with van der Waals surface area (Å²) >= 11 is 0. The fraction of sp³-hybridized carbons (Fsp3) is 0.920. The molecule has 0 saturated carbocycles. The highest BCUT2D eigenvalue weighted by Crippen LogP contribution is 2.43. The third-order valence-corrected chi connectivity index (χ3v) is 6.79. The smallest absolute Gasteiger partial charge is 0.472 e. The molecule has 0 amide bonds. The van der Waals surface area contributed by atoms with E-state index in [9.17, 15) is 24.2 Å². The Morgan fingerprint density at radius 2 is 1.17 bits per heavy atom. The second-order valence-electron chi connectivity index (χ2n) is 9.39. The maximum atomic E-state index is 11.8. The van der Waals surface area contributed by atoms with Crippen molar-refractivity contribution in [2.24, 2.45) is 5.73 Å². The van der Waals surface area contributed by atoms with Crippen LogP contribution in [0.3, 0.4) is 0 Å². The first-order chi connectivity index (χ1) is 17.2. The number of unbranched alkanes of at least 4 members (excludes halogenated alkanes) is 15. The van der Waals surface area contributed by atoms with Crippen molar-refractivity contribution in [2.45, 2.75) is 128 Å². The molecule has 0 heterocycles. The van der Waals surface area contributed by atoms with Gasteiger partial charge in [0.15, 0.2) is 0 Å². The van der Waals surface area contributed by atoms with Crippen molar-refractivity contribution in [3.8, 4) is 0 Å². The minimum Gasteiger partial charge on any atom is -0.480 e. The van der Waals surface area contributed by atoms with Gasteiger partial charge in [0.1, 0.15) is 18.8 Å². The van der Waals surface area contributed by atoms with Crippen molar-refractivity contribution in [3.63, 3.8) is 0 Å². The number of phosphoric ester groups is 1. The molecule has 0 aromatic rings. The van der Waals surface area contributed by atoms with Crippen LogP contribution in [0.4, 0.5) is 0 Å². The Bertz CT molecular complexity index is 606. The van der Waals surface area contributed by atoms with E-state index in [1.807, 2.05) is 0 Å². The molecular formula is C25H50NO9P. The number of carboxylic acids is 1. The van der Waals surface area contributed by atoms with Crippen LogP contribution in [-0.2, 0) is 27.9 Å². The molecule has 3 unspecified atom stereocenters. The highest BCUT2D eigenvalue weighted by atomic mass is 31.2. The summed E-state index contributed by atoms with van der Waals surface area (Å²) < 4.78 is 25.5. The lowest BCUT2D eigenvalue weighted by atomic mass is 10.0. The van der Waals surface area contributed by atoms with E-state index in [-0.39, 0.29) is 13.0 Å². The number of aliphatic hydroxyl groups is 1. The summed E-state index contributed by atoms with van der Waals surface area (Å²) in [6.07, 6.45) is 18.9. The zero-order valence-electron chi connectivity index (χ0n) is 22.1. The predicted molar refractivity (Wildman–Crippen MR) is 138 cm³/mol. The predicted octanol–water partition coefficient (Wildman–Crippen LogP) is 5.09. The third-order valence-electron chi connectivity index (χ3n) is 5.84. The zero-order valence-corrected chi connectivity index (χ0v) is 23.0. The van der Waals surface area contributed by atoms with Crippen LogP contribution in [0.15, 0.2) is 0 Å². The highest BCUT2D eigenvalue weighted by Gasteiger charge is 2.26. The molecule has 0 fully saturated rings. The number of hydrogen-bond acceptors (Lipinski definition) is 8. The second-order valence-corrected chi connectivity index (χ2v) is 10.8. The highest BCUT2D eigenvalue weighted by molar-refractivity contribution is 7.47. The maximum Gasteiger partial charge on any atom is 0.472 e. The minimum atomic E-state index is -4.58. The van der Waals surface area contributed by atoms with E-state index in [2.05, 4.69) is 16.0 Å². The normalized spacial score (nSPS) is 14.8. The number of rotatable bonds is 26. The molecule has 10 nitrogen and oxygen atoms in total. The number of aliphatic hydroxyl groups excluding tert-OH is 1. The number of nitrogens with two attached hydrogens (primary N) is 1. The van der Waals surface area contributed by atoms with Gasteiger partial charge in [0.05, 0.1) is 13.2 Å². The lowest BCUT2D eigenvalue weighted by Gasteiger charge is -2.16. The number of hydrogen-bond donors (Lipinski definition) is 4. The van der Waals surface area contributed by atoms with Crippen molar-refractivity contribution in [1.29, 1.82) is 0 Å². The van der Waals surface area contributed by atoms with Gasteiger partial charge in [-0.15, -0.1) is 0 Å². The van der Waals surface area contributed by atoms with Gasteiger partial charge in [0.25, 0.3) is 0 Å². The van der Waals surface area contributed by atoms with Gasteiger partial charge in [-0.2, -0.15) is 0 Å². The van der Waals surface area contributed by atoms with Crippen molar-refractivity contribution in [1.82, 2.24) is 0 Å². The summed E-state index contributed by atoms with van der Waals surface area (Å²) in [4.78, 5) is 31.7. The van der Waals surface area contributed by atoms with Crippen LogP contribution in [-0.4, -0.2) is 59.0 Å². The van der Waals surface area contributed by atoms with Gasteiger partial charge in [-0.25, -0.2) is 4.57 Å². The second kappa shape index (κ2) is 23.1. The lowest BCUT2D eigenvalue weighted by molar-refractivity contribution is -0.147. The van der Waals surface area contributed by atoms with Crippen LogP contribution >= 0.6 is 7.82 Å². The van der Waals surface area contributed by atoms with Gasteiger partial charge in [0, 0.05) is 6.42 Å². The minimum absolute atomic E-state index is 0.251. The SMILES string of the molecule is CCCCCCCCCCCCCCCCCCC(=O)OCC(O)COP(=O)(O)OCC(N)C(=O)O. The molecule has 36 heavy (non-hydrogen) atoms. The van der Waals surface area contributed by atoms with Gasteiger partial charge in [-0.05, 0) is 6.42 Å². The topological polar surface area (TPSA) is 166 Å². The van der Waals surface area contributed by atoms with E-state index in [0.29, 0.717) is 6.42 Å². The first-order valence-electron chi connectivity index (χ1n) is 13.6. The molecule has 0 aromatic carbocycles. The number of carbonyl (C=O) groups is 2. The number of carbonyl (C=O) groups excluding carboxylic acids is 1. The number of carboxylic acid groups (broad SMARTS) is 1. The Hall–Kier alpha value is -1.03. The van der Waals surface area contributed by atoms with Crippen LogP contribution < -0.4 is 5.73 Å². The molecule has 0 spiro atoms. The number of ether oxygens (including phenoxy) is 1. The molecule has 0 rings (SSSR count). The quantitative estimate of drug-likeness (QED) is 0.0661. The molecule has 0 radical (unpaired) electrons. The Kier molecular flexibility index (Phi) is 22.5. The lowest BCUT2D eigenvalue weighted by Crippen LogP contribution is -2.34. The van der Waals surface area contributed by atoms with Gasteiger partial charge < -0.3 is 25.6 Å². The summed E-state index contributed by atoms with van der Waals surface area (Å²) in [5.41, 5.74) is 5.16. The fourth-order valence-electron chi connectivity index (χ4n) is 3.59. The molecule has 0 aliphatic carbocycles. The van der Waals surface area contributed by atoms with Gasteiger partial charge in [-0.3, -0.25) is 18.6 Å². The molecule has 0 saturated heterocycles. The molecule has 214 valence electrons. The van der Waals surface area contributed by atoms with E-state index in [1.165, 1.54) is 83.5 Å². The van der Waals surface area contributed by atoms with E-state index < -0.39 is 45.1 Å². The average Bonchev–Trinajstić information content (AvgIpc) is 2.84. The zero-order chi connectivity index (χ0) is 27.1. The van der Waals surface area contributed by atoms with E-state index in [0.717, 1.165) is 12.8 Å². The first kappa shape index (κ1) is 35.0. The van der Waals surface area contributed by atoms with Crippen molar-refractivity contribution < 1.29 is 43.0 Å². The average molecular weight is 540 g/mol. The molecule has 11 heteroatoms. The summed E-state index contributed by atoms with van der Waals surface area (Å²) in [6, 6.07) is -1.48. The summed E-state index contributed by atoms with van der Waals surface area (Å²) in [5.74, 6) is -1.85. The van der Waals surface area contributed by atoms with Crippen LogP contribution in [0.2, 0.25) is 0 Å². The van der Waals surface area contributed by atoms with Crippen LogP contribution in [0, 0.1) is 0 Å². The molecule has 0 aliphatic rings. The number of aliphatic carboxylic acids is 1. The Morgan fingerprint density at radius 1 is 0.750 bits per heavy atom. The van der Waals surface area contributed by atoms with Crippen molar-refractivity contribution in [2.75, 3.05) is 19.8 Å². The van der Waals surface area contributed by atoms with Gasteiger partial charge >= 0.3 is 19.8 Å². The largest absolute Gasteiger partial charge is 0.480 e. The summed E-state index contributed by atoms with van der Waals surface area (Å²) in [5, 5.41) is 18.3. The Morgan fingerprint density at radius 3 is 1.61 bits per heavy atom. The fourth-order valence-corrected chi connectivity index (χ4v) is 4.37. The number of esters is 1. The van der Waals surface area contributed by atoms with Crippen LogP contribution in [0.1, 0.15) is 116 Å². The van der Waals surface area contributed by atoms with Crippen molar-refractivity contribution in [3.05, 3.63) is 0 Å². The van der Waals surface area contributed by atoms with Crippen LogP contribution in [0.5, 0.6) is 0 Å². The van der Waals surface area contributed by atoms with Gasteiger partial charge in [0.2, 0.25) is 0 Å². The van der Waals surface area contributed by atoms with Crippen LogP contribution in [0.25, 0.3) is 0 Å². The summed E-state index contributed by atoms with van der Waals surface area (Å²) in [7, 11) is -4.58. The monoisotopic (exact) mass is 539 g/mol. The Balaban J connectivity index is 3.53. The molecule has 0 aromatic heterocycles. The van der Waals surface area contributed by atoms with Gasteiger partial charge in [-0.1, -0.05) is 103 Å². The number of phosphoric acid groups is 1. The van der Waals surface area contributed by atoms with E-state index in [4.69, 9.17) is 15.6 Å². The Labute approximate surface area is 216 Å². The van der Waals surface area contributed by atoms with E-state index >= 15 is 0 Å².